The van der Waals surface area contributed by atoms with Gasteiger partial charge in [0.1, 0.15) is 0 Å². The van der Waals surface area contributed by atoms with Gasteiger partial charge in [-0.1, -0.05) is 48.9 Å². The fourth-order valence-electron chi connectivity index (χ4n) is 3.22. The first-order valence-corrected chi connectivity index (χ1v) is 7.85. The van der Waals surface area contributed by atoms with E-state index in [0.29, 0.717) is 11.6 Å². The number of likely N-dealkylation sites (tertiary alicyclic amines) is 1. The Bertz CT molecular complexity index is 622. The number of rotatable bonds is 4. The van der Waals surface area contributed by atoms with Gasteiger partial charge in [-0.2, -0.15) is 0 Å². The van der Waals surface area contributed by atoms with Crippen LogP contribution in [0.1, 0.15) is 46.8 Å². The Balaban J connectivity index is 1.75. The van der Waals surface area contributed by atoms with Crippen molar-refractivity contribution in [3.8, 4) is 0 Å². The van der Waals surface area contributed by atoms with Crippen LogP contribution < -0.4 is 0 Å². The van der Waals surface area contributed by atoms with Crippen LogP contribution in [0.2, 0.25) is 0 Å². The molecular formula is C19H21NO2. The predicted molar refractivity (Wildman–Crippen MR) is 86.8 cm³/mol. The maximum atomic E-state index is 10.9. The van der Waals surface area contributed by atoms with Crippen molar-refractivity contribution < 1.29 is 9.90 Å². The predicted octanol–water partition coefficient (Wildman–Crippen LogP) is 4.11. The van der Waals surface area contributed by atoms with E-state index in [4.69, 9.17) is 5.11 Å². The lowest BCUT2D eigenvalue weighted by Crippen LogP contribution is -2.32. The molecule has 3 nitrogen and oxygen atoms in total. The van der Waals surface area contributed by atoms with E-state index < -0.39 is 5.97 Å². The second-order valence-corrected chi connectivity index (χ2v) is 5.89. The average molecular weight is 295 g/mol. The number of carboxylic acid groups (broad SMARTS) is 1. The molecule has 1 unspecified atom stereocenters. The smallest absolute Gasteiger partial charge is 0.335 e. The number of carboxylic acids is 1. The molecular weight excluding hydrogens is 274 g/mol. The zero-order chi connectivity index (χ0) is 15.4. The second-order valence-electron chi connectivity index (χ2n) is 5.89. The number of piperidine rings is 1. The summed E-state index contributed by atoms with van der Waals surface area (Å²) < 4.78 is 0. The first-order valence-electron chi connectivity index (χ1n) is 7.85. The lowest BCUT2D eigenvalue weighted by Gasteiger charge is -2.36. The lowest BCUT2D eigenvalue weighted by atomic mass is 9.94. The molecule has 2 aromatic carbocycles. The largest absolute Gasteiger partial charge is 0.478 e. The topological polar surface area (TPSA) is 40.5 Å². The first-order chi connectivity index (χ1) is 10.7. The van der Waals surface area contributed by atoms with Gasteiger partial charge in [0.25, 0.3) is 0 Å². The third kappa shape index (κ3) is 3.37. The first kappa shape index (κ1) is 14.8. The lowest BCUT2D eigenvalue weighted by molar-refractivity contribution is 0.0697. The molecule has 0 amide bonds. The van der Waals surface area contributed by atoms with Crippen molar-refractivity contribution in [2.24, 2.45) is 0 Å². The molecule has 114 valence electrons. The summed E-state index contributed by atoms with van der Waals surface area (Å²) in [6, 6.07) is 18.4. The highest BCUT2D eigenvalue weighted by atomic mass is 16.4. The van der Waals surface area contributed by atoms with Crippen LogP contribution in [0.4, 0.5) is 0 Å². The Morgan fingerprint density at radius 2 is 1.77 bits per heavy atom. The average Bonchev–Trinajstić information content (AvgIpc) is 2.57. The summed E-state index contributed by atoms with van der Waals surface area (Å²) in [6.07, 6.45) is 3.70. The van der Waals surface area contributed by atoms with E-state index >= 15 is 0 Å². The summed E-state index contributed by atoms with van der Waals surface area (Å²) in [7, 11) is 0. The summed E-state index contributed by atoms with van der Waals surface area (Å²) in [5, 5.41) is 8.98. The van der Waals surface area contributed by atoms with E-state index in [1.165, 1.54) is 30.4 Å². The van der Waals surface area contributed by atoms with Crippen LogP contribution in [0.3, 0.4) is 0 Å². The number of hydrogen-bond donors (Lipinski definition) is 1. The van der Waals surface area contributed by atoms with Gasteiger partial charge in [0.2, 0.25) is 0 Å². The van der Waals surface area contributed by atoms with Gasteiger partial charge in [0.05, 0.1) is 5.56 Å². The molecule has 2 aromatic rings. The van der Waals surface area contributed by atoms with Crippen LogP contribution >= 0.6 is 0 Å². The highest BCUT2D eigenvalue weighted by Gasteiger charge is 2.23. The number of carbonyl (C=O) groups is 1. The van der Waals surface area contributed by atoms with Gasteiger partial charge in [0.15, 0.2) is 0 Å². The van der Waals surface area contributed by atoms with Crippen LogP contribution in [0.5, 0.6) is 0 Å². The molecule has 1 N–H and O–H groups in total. The van der Waals surface area contributed by atoms with Gasteiger partial charge in [-0.05, 0) is 42.6 Å². The van der Waals surface area contributed by atoms with E-state index in [-0.39, 0.29) is 0 Å². The molecule has 0 aromatic heterocycles. The molecule has 0 aliphatic carbocycles. The summed E-state index contributed by atoms with van der Waals surface area (Å²) >= 11 is 0. The van der Waals surface area contributed by atoms with Crippen molar-refractivity contribution in [3.05, 3.63) is 71.3 Å². The molecule has 1 saturated heterocycles. The summed E-state index contributed by atoms with van der Waals surface area (Å²) in [5.41, 5.74) is 2.90. The van der Waals surface area contributed by atoms with Gasteiger partial charge in [-0.25, -0.2) is 4.79 Å². The summed E-state index contributed by atoms with van der Waals surface area (Å²) in [4.78, 5) is 13.4. The minimum absolute atomic E-state index is 0.349. The van der Waals surface area contributed by atoms with Gasteiger partial charge in [-0.3, -0.25) is 4.90 Å². The second kappa shape index (κ2) is 6.75. The third-order valence-electron chi connectivity index (χ3n) is 4.38. The third-order valence-corrected chi connectivity index (χ3v) is 4.38. The molecule has 22 heavy (non-hydrogen) atoms. The highest BCUT2D eigenvalue weighted by molar-refractivity contribution is 5.87. The fourth-order valence-corrected chi connectivity index (χ4v) is 3.22. The maximum absolute atomic E-state index is 10.9. The Hall–Kier alpha value is -2.13. The Morgan fingerprint density at radius 3 is 2.45 bits per heavy atom. The molecule has 1 fully saturated rings. The highest BCUT2D eigenvalue weighted by Crippen LogP contribution is 2.31. The minimum atomic E-state index is -0.869. The number of hydrogen-bond acceptors (Lipinski definition) is 2. The molecule has 1 aliphatic rings. The molecule has 0 saturated carbocycles. The van der Waals surface area contributed by atoms with Gasteiger partial charge in [-0.15, -0.1) is 0 Å². The van der Waals surface area contributed by atoms with Crippen LogP contribution in [-0.4, -0.2) is 22.5 Å². The van der Waals surface area contributed by atoms with Gasteiger partial charge < -0.3 is 5.11 Å². The van der Waals surface area contributed by atoms with Gasteiger partial charge >= 0.3 is 5.97 Å². The van der Waals surface area contributed by atoms with E-state index in [2.05, 4.69) is 35.2 Å². The van der Waals surface area contributed by atoms with Crippen molar-refractivity contribution in [1.82, 2.24) is 4.90 Å². The van der Waals surface area contributed by atoms with Crippen molar-refractivity contribution in [1.29, 1.82) is 0 Å². The van der Waals surface area contributed by atoms with Crippen molar-refractivity contribution in [2.45, 2.75) is 31.8 Å². The molecule has 3 heteroatoms. The monoisotopic (exact) mass is 295 g/mol. The normalized spacial score (nSPS) is 19.0. The van der Waals surface area contributed by atoms with Gasteiger partial charge in [0, 0.05) is 12.6 Å². The standard InChI is InChI=1S/C19H21NO2/c21-19(22)17-11-9-15(10-12-17)14-20-13-5-4-8-18(20)16-6-2-1-3-7-16/h1-3,6-7,9-12,18H,4-5,8,13-14H2,(H,21,22). The molecule has 0 radical (unpaired) electrons. The van der Waals surface area contributed by atoms with E-state index in [0.717, 1.165) is 13.1 Å². The van der Waals surface area contributed by atoms with Crippen LogP contribution in [0, 0.1) is 0 Å². The molecule has 3 rings (SSSR count). The van der Waals surface area contributed by atoms with E-state index in [9.17, 15) is 4.79 Å². The number of aromatic carboxylic acids is 1. The zero-order valence-corrected chi connectivity index (χ0v) is 12.6. The molecule has 1 atom stereocenters. The van der Waals surface area contributed by atoms with Crippen LogP contribution in [-0.2, 0) is 6.54 Å². The SMILES string of the molecule is O=C(O)c1ccc(CN2CCCCC2c2ccccc2)cc1. The summed E-state index contributed by atoms with van der Waals surface area (Å²) in [5.74, 6) is -0.869. The fraction of sp³-hybridized carbons (Fsp3) is 0.316. The molecule has 0 spiro atoms. The van der Waals surface area contributed by atoms with Crippen molar-refractivity contribution >= 4 is 5.97 Å². The van der Waals surface area contributed by atoms with Crippen molar-refractivity contribution in [3.63, 3.8) is 0 Å². The number of nitrogens with zero attached hydrogens (tertiary/aromatic N) is 1. The molecule has 0 bridgehead atoms. The van der Waals surface area contributed by atoms with E-state index in [1.807, 2.05) is 12.1 Å². The summed E-state index contributed by atoms with van der Waals surface area (Å²) in [6.45, 7) is 1.97. The van der Waals surface area contributed by atoms with Crippen LogP contribution in [0.15, 0.2) is 54.6 Å². The minimum Gasteiger partial charge on any atom is -0.478 e. The zero-order valence-electron chi connectivity index (χ0n) is 12.6. The Kier molecular flexibility index (Phi) is 4.54. The van der Waals surface area contributed by atoms with Crippen molar-refractivity contribution in [2.75, 3.05) is 6.54 Å². The van der Waals surface area contributed by atoms with E-state index in [1.54, 1.807) is 12.1 Å². The Labute approximate surface area is 131 Å². The molecule has 1 aliphatic heterocycles. The Morgan fingerprint density at radius 1 is 1.05 bits per heavy atom. The maximum Gasteiger partial charge on any atom is 0.335 e. The van der Waals surface area contributed by atoms with Crippen LogP contribution in [0.25, 0.3) is 0 Å². The quantitative estimate of drug-likeness (QED) is 0.922. The number of benzene rings is 2. The molecule has 1 heterocycles.